The van der Waals surface area contributed by atoms with Crippen molar-refractivity contribution < 1.29 is 4.74 Å². The highest BCUT2D eigenvalue weighted by Crippen LogP contribution is 2.24. The molecule has 1 heteroatoms. The van der Waals surface area contributed by atoms with Crippen LogP contribution >= 0.6 is 0 Å². The molecule has 0 spiro atoms. The van der Waals surface area contributed by atoms with Crippen LogP contribution in [0.25, 0.3) is 6.08 Å². The second-order valence-corrected chi connectivity index (χ2v) is 4.16. The van der Waals surface area contributed by atoms with Crippen LogP contribution in [-0.4, -0.2) is 0 Å². The molecule has 2 aromatic carbocycles. The Morgan fingerprint density at radius 3 is 2.82 bits per heavy atom. The second-order valence-electron chi connectivity index (χ2n) is 4.16. The average Bonchev–Trinajstić information content (AvgIpc) is 2.85. The maximum absolute atomic E-state index is 5.77. The maximum Gasteiger partial charge on any atom is 0.120 e. The molecule has 2 aromatic rings. The monoisotopic (exact) mass is 221 g/mol. The van der Waals surface area contributed by atoms with Gasteiger partial charge in [0.2, 0.25) is 0 Å². The molecule has 0 atom stereocenters. The minimum atomic E-state index is 0.618. The molecule has 0 heterocycles. The van der Waals surface area contributed by atoms with Crippen LogP contribution < -0.4 is 4.74 Å². The molecule has 0 saturated heterocycles. The molecular weight excluding hydrogens is 208 g/mol. The number of hydrogen-bond donors (Lipinski definition) is 0. The first-order chi connectivity index (χ1) is 8.42. The Balaban J connectivity index is 1.72. The zero-order valence-electron chi connectivity index (χ0n) is 9.52. The number of ether oxygens (including phenoxy) is 1. The van der Waals surface area contributed by atoms with E-state index in [2.05, 4.69) is 30.3 Å². The molecule has 0 fully saturated rings. The van der Waals surface area contributed by atoms with Crippen molar-refractivity contribution in [3.05, 3.63) is 71.3 Å². The number of hydrogen-bond acceptors (Lipinski definition) is 1. The van der Waals surface area contributed by atoms with Crippen molar-refractivity contribution >= 4 is 6.08 Å². The molecule has 1 radical (unpaired) electrons. The molecule has 0 saturated carbocycles. The minimum Gasteiger partial charge on any atom is -0.489 e. The number of rotatable bonds is 3. The Labute approximate surface area is 101 Å². The van der Waals surface area contributed by atoms with E-state index >= 15 is 0 Å². The fourth-order valence-electron chi connectivity index (χ4n) is 1.97. The largest absolute Gasteiger partial charge is 0.489 e. The average molecular weight is 221 g/mol. The van der Waals surface area contributed by atoms with Crippen molar-refractivity contribution in [2.24, 2.45) is 0 Å². The molecule has 0 N–H and O–H groups in total. The Morgan fingerprint density at radius 1 is 1.06 bits per heavy atom. The summed E-state index contributed by atoms with van der Waals surface area (Å²) in [5.41, 5.74) is 3.75. The van der Waals surface area contributed by atoms with Gasteiger partial charge >= 0.3 is 0 Å². The normalized spacial score (nSPS) is 12.5. The second kappa shape index (κ2) is 4.46. The molecule has 1 aliphatic carbocycles. The molecule has 83 valence electrons. The van der Waals surface area contributed by atoms with Crippen LogP contribution in [0.2, 0.25) is 0 Å². The van der Waals surface area contributed by atoms with E-state index in [-0.39, 0.29) is 0 Å². The van der Waals surface area contributed by atoms with Gasteiger partial charge < -0.3 is 4.74 Å². The predicted molar refractivity (Wildman–Crippen MR) is 68.6 cm³/mol. The Kier molecular flexibility index (Phi) is 2.66. The Morgan fingerprint density at radius 2 is 1.94 bits per heavy atom. The van der Waals surface area contributed by atoms with Crippen LogP contribution in [0.15, 0.2) is 48.5 Å². The van der Waals surface area contributed by atoms with E-state index in [1.165, 1.54) is 16.7 Å². The highest BCUT2D eigenvalue weighted by atomic mass is 16.5. The smallest absolute Gasteiger partial charge is 0.120 e. The van der Waals surface area contributed by atoms with Crippen molar-refractivity contribution in [1.82, 2.24) is 0 Å². The van der Waals surface area contributed by atoms with Crippen LogP contribution in [0.4, 0.5) is 0 Å². The van der Waals surface area contributed by atoms with Crippen LogP contribution in [-0.2, 0) is 13.0 Å². The SMILES string of the molecule is [C]1=Cc2cc(OCc3ccccc3)ccc2C1. The van der Waals surface area contributed by atoms with Crippen molar-refractivity contribution in [2.75, 3.05) is 0 Å². The molecule has 0 unspecified atom stereocenters. The van der Waals surface area contributed by atoms with Gasteiger partial charge in [-0.2, -0.15) is 0 Å². The Bertz CT molecular complexity index is 541. The molecule has 3 rings (SSSR count). The lowest BCUT2D eigenvalue weighted by Crippen LogP contribution is -1.95. The van der Waals surface area contributed by atoms with E-state index in [1.54, 1.807) is 0 Å². The molecule has 0 bridgehead atoms. The van der Waals surface area contributed by atoms with E-state index in [0.717, 1.165) is 12.2 Å². The first kappa shape index (κ1) is 10.2. The van der Waals surface area contributed by atoms with Gasteiger partial charge in [0.1, 0.15) is 12.4 Å². The third kappa shape index (κ3) is 2.23. The lowest BCUT2D eigenvalue weighted by Gasteiger charge is -2.07. The minimum absolute atomic E-state index is 0.618. The van der Waals surface area contributed by atoms with E-state index < -0.39 is 0 Å². The highest BCUT2D eigenvalue weighted by Gasteiger charge is 2.06. The van der Waals surface area contributed by atoms with Crippen LogP contribution in [0.5, 0.6) is 5.75 Å². The van der Waals surface area contributed by atoms with Gasteiger partial charge in [-0.05, 0) is 41.3 Å². The van der Waals surface area contributed by atoms with Crippen LogP contribution in [0.1, 0.15) is 16.7 Å². The summed E-state index contributed by atoms with van der Waals surface area (Å²) >= 11 is 0. The maximum atomic E-state index is 5.77. The standard InChI is InChI=1S/C16H13O/c1-2-5-13(6-3-1)12-17-16-10-9-14-7-4-8-15(14)11-16/h1-3,5-6,8-11H,7,12H2. The van der Waals surface area contributed by atoms with Crippen molar-refractivity contribution in [3.8, 4) is 5.75 Å². The summed E-state index contributed by atoms with van der Waals surface area (Å²) in [6.45, 7) is 0.618. The summed E-state index contributed by atoms with van der Waals surface area (Å²) < 4.78 is 5.77. The van der Waals surface area contributed by atoms with Crippen LogP contribution in [0.3, 0.4) is 0 Å². The molecule has 1 aliphatic rings. The fraction of sp³-hybridized carbons (Fsp3) is 0.125. The van der Waals surface area contributed by atoms with Crippen molar-refractivity contribution in [1.29, 1.82) is 0 Å². The van der Waals surface area contributed by atoms with Gasteiger partial charge in [-0.3, -0.25) is 0 Å². The first-order valence-corrected chi connectivity index (χ1v) is 5.78. The van der Waals surface area contributed by atoms with Crippen molar-refractivity contribution in [3.63, 3.8) is 0 Å². The lowest BCUT2D eigenvalue weighted by molar-refractivity contribution is 0.306. The summed E-state index contributed by atoms with van der Waals surface area (Å²) in [6, 6.07) is 16.4. The first-order valence-electron chi connectivity index (χ1n) is 5.78. The molecule has 1 nitrogen and oxygen atoms in total. The van der Waals surface area contributed by atoms with Gasteiger partial charge in [-0.15, -0.1) is 0 Å². The third-order valence-corrected chi connectivity index (χ3v) is 2.92. The topological polar surface area (TPSA) is 9.23 Å². The number of fused-ring (bicyclic) bond motifs is 1. The van der Waals surface area contributed by atoms with Gasteiger partial charge in [-0.1, -0.05) is 42.5 Å². The fourth-order valence-corrected chi connectivity index (χ4v) is 1.97. The van der Waals surface area contributed by atoms with Crippen LogP contribution in [0, 0.1) is 6.08 Å². The van der Waals surface area contributed by atoms with Crippen molar-refractivity contribution in [2.45, 2.75) is 13.0 Å². The van der Waals surface area contributed by atoms with Gasteiger partial charge in [-0.25, -0.2) is 0 Å². The third-order valence-electron chi connectivity index (χ3n) is 2.92. The zero-order valence-corrected chi connectivity index (χ0v) is 9.52. The summed E-state index contributed by atoms with van der Waals surface area (Å²) in [7, 11) is 0. The molecule has 17 heavy (non-hydrogen) atoms. The molecular formula is C16H13O. The van der Waals surface area contributed by atoms with E-state index in [4.69, 9.17) is 4.74 Å². The van der Waals surface area contributed by atoms with Gasteiger partial charge in [0.25, 0.3) is 0 Å². The predicted octanol–water partition coefficient (Wildman–Crippen LogP) is 3.64. The zero-order chi connectivity index (χ0) is 11.5. The lowest BCUT2D eigenvalue weighted by atomic mass is 10.1. The van der Waals surface area contributed by atoms with Gasteiger partial charge in [0, 0.05) is 0 Å². The molecule has 0 aliphatic heterocycles. The summed E-state index contributed by atoms with van der Waals surface area (Å²) in [4.78, 5) is 0. The number of allylic oxidation sites excluding steroid dienone is 1. The number of benzene rings is 2. The quantitative estimate of drug-likeness (QED) is 0.769. The highest BCUT2D eigenvalue weighted by molar-refractivity contribution is 5.59. The summed E-state index contributed by atoms with van der Waals surface area (Å²) in [6.07, 6.45) is 6.17. The summed E-state index contributed by atoms with van der Waals surface area (Å²) in [5, 5.41) is 0. The molecule has 0 amide bonds. The van der Waals surface area contributed by atoms with Gasteiger partial charge in [0.05, 0.1) is 0 Å². The van der Waals surface area contributed by atoms with E-state index in [9.17, 15) is 0 Å². The summed E-state index contributed by atoms with van der Waals surface area (Å²) in [5.74, 6) is 0.924. The van der Waals surface area contributed by atoms with E-state index in [1.807, 2.05) is 30.3 Å². The molecule has 0 aromatic heterocycles. The Hall–Kier alpha value is -2.02. The van der Waals surface area contributed by atoms with E-state index in [0.29, 0.717) is 6.61 Å². The van der Waals surface area contributed by atoms with Gasteiger partial charge in [0.15, 0.2) is 0 Å².